The first kappa shape index (κ1) is 15.5. The number of hydrogen-bond donors (Lipinski definition) is 1. The number of ether oxygens (including phenoxy) is 2. The molecule has 1 fully saturated rings. The zero-order chi connectivity index (χ0) is 14.5. The first-order valence-corrected chi connectivity index (χ1v) is 7.63. The summed E-state index contributed by atoms with van der Waals surface area (Å²) in [6.07, 6.45) is 6.53. The predicted octanol–water partition coefficient (Wildman–Crippen LogP) is 4.36. The maximum Gasteiger partial charge on any atom is 0.162 e. The second-order valence-corrected chi connectivity index (χ2v) is 5.88. The summed E-state index contributed by atoms with van der Waals surface area (Å²) in [5.41, 5.74) is 0.724. The van der Waals surface area contributed by atoms with E-state index in [1.165, 1.54) is 25.7 Å². The molecule has 1 saturated carbocycles. The molecule has 0 aliphatic heterocycles. The van der Waals surface area contributed by atoms with Crippen LogP contribution in [0.3, 0.4) is 0 Å². The molecule has 0 heterocycles. The van der Waals surface area contributed by atoms with Gasteiger partial charge in [-0.1, -0.05) is 37.3 Å². The summed E-state index contributed by atoms with van der Waals surface area (Å²) >= 11 is 6.23. The first-order chi connectivity index (χ1) is 9.65. The molecule has 1 aliphatic rings. The summed E-state index contributed by atoms with van der Waals surface area (Å²) in [5, 5.41) is 10.9. The fourth-order valence-corrected chi connectivity index (χ4v) is 3.25. The Morgan fingerprint density at radius 2 is 1.80 bits per heavy atom. The topological polar surface area (TPSA) is 38.7 Å². The molecule has 2 rings (SSSR count). The Labute approximate surface area is 125 Å². The van der Waals surface area contributed by atoms with E-state index in [-0.39, 0.29) is 0 Å². The molecule has 20 heavy (non-hydrogen) atoms. The molecule has 1 atom stereocenters. The van der Waals surface area contributed by atoms with Crippen LogP contribution in [0.15, 0.2) is 12.1 Å². The van der Waals surface area contributed by atoms with Crippen LogP contribution in [-0.4, -0.2) is 19.3 Å². The van der Waals surface area contributed by atoms with Crippen LogP contribution >= 0.6 is 11.6 Å². The molecule has 1 aliphatic carbocycles. The maximum absolute atomic E-state index is 10.4. The highest BCUT2D eigenvalue weighted by Gasteiger charge is 2.20. The lowest BCUT2D eigenvalue weighted by Gasteiger charge is -2.17. The number of halogens is 1. The average molecular weight is 299 g/mol. The van der Waals surface area contributed by atoms with Crippen LogP contribution in [0.5, 0.6) is 11.5 Å². The van der Waals surface area contributed by atoms with E-state index in [1.54, 1.807) is 26.4 Å². The first-order valence-electron chi connectivity index (χ1n) is 7.25. The summed E-state index contributed by atoms with van der Waals surface area (Å²) in [7, 11) is 3.16. The zero-order valence-electron chi connectivity index (χ0n) is 12.2. The van der Waals surface area contributed by atoms with Crippen molar-refractivity contribution < 1.29 is 14.6 Å². The maximum atomic E-state index is 10.4. The highest BCUT2D eigenvalue weighted by molar-refractivity contribution is 6.31. The van der Waals surface area contributed by atoms with E-state index in [9.17, 15) is 5.11 Å². The lowest BCUT2D eigenvalue weighted by Crippen LogP contribution is -2.03. The van der Waals surface area contributed by atoms with Gasteiger partial charge in [-0.3, -0.25) is 0 Å². The van der Waals surface area contributed by atoms with Gasteiger partial charge in [0.05, 0.1) is 25.3 Å². The molecule has 1 aromatic rings. The highest BCUT2D eigenvalue weighted by Crippen LogP contribution is 2.38. The van der Waals surface area contributed by atoms with Gasteiger partial charge in [-0.05, 0) is 24.8 Å². The summed E-state index contributed by atoms with van der Waals surface area (Å²) in [6, 6.07) is 3.48. The van der Waals surface area contributed by atoms with Crippen molar-refractivity contribution in [3.8, 4) is 11.5 Å². The standard InChI is InChI=1S/C16H23ClO3/c1-19-15-9-12(13(17)10-16(15)20-2)14(18)8-7-11-5-3-4-6-11/h9-11,14,18H,3-8H2,1-2H3. The minimum Gasteiger partial charge on any atom is -0.493 e. The molecule has 0 saturated heterocycles. The molecular weight excluding hydrogens is 276 g/mol. The van der Waals surface area contributed by atoms with Crippen LogP contribution in [0, 0.1) is 5.92 Å². The van der Waals surface area contributed by atoms with E-state index in [0.717, 1.165) is 24.3 Å². The number of aliphatic hydroxyl groups excluding tert-OH is 1. The summed E-state index contributed by atoms with van der Waals surface area (Å²) < 4.78 is 10.5. The molecular formula is C16H23ClO3. The van der Waals surface area contributed by atoms with Crippen LogP contribution in [0.1, 0.15) is 50.2 Å². The van der Waals surface area contributed by atoms with Crippen LogP contribution in [0.25, 0.3) is 0 Å². The van der Waals surface area contributed by atoms with Gasteiger partial charge in [0.15, 0.2) is 11.5 Å². The van der Waals surface area contributed by atoms with E-state index >= 15 is 0 Å². The summed E-state index contributed by atoms with van der Waals surface area (Å²) in [5.74, 6) is 1.96. The van der Waals surface area contributed by atoms with Crippen LogP contribution in [0.4, 0.5) is 0 Å². The lowest BCUT2D eigenvalue weighted by molar-refractivity contribution is 0.156. The molecule has 0 radical (unpaired) electrons. The molecule has 3 nitrogen and oxygen atoms in total. The van der Waals surface area contributed by atoms with Crippen molar-refractivity contribution in [3.63, 3.8) is 0 Å². The van der Waals surface area contributed by atoms with Crippen molar-refractivity contribution in [2.24, 2.45) is 5.92 Å². The molecule has 1 unspecified atom stereocenters. The smallest absolute Gasteiger partial charge is 0.162 e. The van der Waals surface area contributed by atoms with E-state index in [0.29, 0.717) is 16.5 Å². The minimum absolute atomic E-state index is 0.529. The Hall–Kier alpha value is -0.930. The van der Waals surface area contributed by atoms with Gasteiger partial charge < -0.3 is 14.6 Å². The van der Waals surface area contributed by atoms with Gasteiger partial charge in [0.1, 0.15) is 0 Å². The molecule has 1 N–H and O–H groups in total. The number of hydrogen-bond acceptors (Lipinski definition) is 3. The highest BCUT2D eigenvalue weighted by atomic mass is 35.5. The van der Waals surface area contributed by atoms with E-state index < -0.39 is 6.10 Å². The van der Waals surface area contributed by atoms with Crippen molar-refractivity contribution in [3.05, 3.63) is 22.7 Å². The molecule has 0 bridgehead atoms. The Balaban J connectivity index is 2.06. The Morgan fingerprint density at radius 1 is 1.20 bits per heavy atom. The third kappa shape index (κ3) is 3.58. The third-order valence-corrected chi connectivity index (χ3v) is 4.51. The average Bonchev–Trinajstić information content (AvgIpc) is 2.97. The van der Waals surface area contributed by atoms with Crippen molar-refractivity contribution in [1.29, 1.82) is 0 Å². The van der Waals surface area contributed by atoms with Gasteiger partial charge in [-0.25, -0.2) is 0 Å². The number of methoxy groups -OCH3 is 2. The minimum atomic E-state index is -0.539. The summed E-state index contributed by atoms with van der Waals surface area (Å²) in [6.45, 7) is 0. The number of aliphatic hydroxyl groups is 1. The normalized spacial score (nSPS) is 17.2. The van der Waals surface area contributed by atoms with Crippen LogP contribution in [0.2, 0.25) is 5.02 Å². The third-order valence-electron chi connectivity index (χ3n) is 4.18. The molecule has 0 amide bonds. The van der Waals surface area contributed by atoms with E-state index in [4.69, 9.17) is 21.1 Å². The van der Waals surface area contributed by atoms with Crippen LogP contribution in [-0.2, 0) is 0 Å². The van der Waals surface area contributed by atoms with Crippen LogP contribution < -0.4 is 9.47 Å². The fraction of sp³-hybridized carbons (Fsp3) is 0.625. The lowest BCUT2D eigenvalue weighted by atomic mass is 9.96. The molecule has 4 heteroatoms. The summed E-state index contributed by atoms with van der Waals surface area (Å²) in [4.78, 5) is 0. The Kier molecular flexibility index (Phi) is 5.55. The van der Waals surface area contributed by atoms with Gasteiger partial charge in [0, 0.05) is 11.6 Å². The van der Waals surface area contributed by atoms with E-state index in [2.05, 4.69) is 0 Å². The Morgan fingerprint density at radius 3 is 2.40 bits per heavy atom. The SMILES string of the molecule is COc1cc(Cl)c(C(O)CCC2CCCC2)cc1OC. The van der Waals surface area contributed by atoms with Crippen molar-refractivity contribution in [2.75, 3.05) is 14.2 Å². The van der Waals surface area contributed by atoms with Gasteiger partial charge in [-0.2, -0.15) is 0 Å². The largest absolute Gasteiger partial charge is 0.493 e. The van der Waals surface area contributed by atoms with Crippen molar-refractivity contribution in [1.82, 2.24) is 0 Å². The van der Waals surface area contributed by atoms with Gasteiger partial charge >= 0.3 is 0 Å². The van der Waals surface area contributed by atoms with Crippen molar-refractivity contribution >= 4 is 11.6 Å². The number of benzene rings is 1. The Bertz CT molecular complexity index is 442. The molecule has 0 spiro atoms. The predicted molar refractivity (Wildman–Crippen MR) is 80.7 cm³/mol. The second kappa shape index (κ2) is 7.19. The van der Waals surface area contributed by atoms with E-state index in [1.807, 2.05) is 0 Å². The van der Waals surface area contributed by atoms with Gasteiger partial charge in [0.2, 0.25) is 0 Å². The molecule has 0 aromatic heterocycles. The van der Waals surface area contributed by atoms with Gasteiger partial charge in [0.25, 0.3) is 0 Å². The molecule has 112 valence electrons. The number of rotatable bonds is 6. The zero-order valence-corrected chi connectivity index (χ0v) is 12.9. The second-order valence-electron chi connectivity index (χ2n) is 5.47. The quantitative estimate of drug-likeness (QED) is 0.848. The van der Waals surface area contributed by atoms with Crippen molar-refractivity contribution in [2.45, 2.75) is 44.6 Å². The van der Waals surface area contributed by atoms with Gasteiger partial charge in [-0.15, -0.1) is 0 Å². The fourth-order valence-electron chi connectivity index (χ4n) is 2.97. The monoisotopic (exact) mass is 298 g/mol. The molecule has 1 aromatic carbocycles.